The SMILES string of the molecule is COc1ccc(C(C)=O)cc1CC(=O)Nc1nnc(SCc2ccc(C#N)cc2)s1. The van der Waals surface area contributed by atoms with Gasteiger partial charge in [0.05, 0.1) is 25.2 Å². The van der Waals surface area contributed by atoms with Crippen molar-refractivity contribution in [3.63, 3.8) is 0 Å². The van der Waals surface area contributed by atoms with Crippen molar-refractivity contribution in [3.05, 3.63) is 64.7 Å². The van der Waals surface area contributed by atoms with Crippen molar-refractivity contribution >= 4 is 39.9 Å². The number of nitrogens with one attached hydrogen (secondary N) is 1. The average molecular weight is 439 g/mol. The molecule has 1 heterocycles. The Labute approximate surface area is 182 Å². The number of rotatable bonds is 8. The summed E-state index contributed by atoms with van der Waals surface area (Å²) >= 11 is 2.79. The molecule has 0 unspecified atom stereocenters. The lowest BCUT2D eigenvalue weighted by Gasteiger charge is -2.09. The van der Waals surface area contributed by atoms with Crippen LogP contribution in [0.25, 0.3) is 0 Å². The van der Waals surface area contributed by atoms with E-state index in [9.17, 15) is 9.59 Å². The summed E-state index contributed by atoms with van der Waals surface area (Å²) < 4.78 is 6.01. The number of benzene rings is 2. The molecule has 0 saturated heterocycles. The molecule has 0 spiro atoms. The van der Waals surface area contributed by atoms with Gasteiger partial charge in [0, 0.05) is 16.9 Å². The van der Waals surface area contributed by atoms with Crippen molar-refractivity contribution in [2.45, 2.75) is 23.4 Å². The Morgan fingerprint density at radius 1 is 1.20 bits per heavy atom. The second-order valence-corrected chi connectivity index (χ2v) is 8.48. The predicted octanol–water partition coefficient (Wildman–Crippen LogP) is 4.09. The molecule has 0 aliphatic carbocycles. The Morgan fingerprint density at radius 2 is 1.97 bits per heavy atom. The summed E-state index contributed by atoms with van der Waals surface area (Å²) in [5, 5.41) is 20.1. The van der Waals surface area contributed by atoms with Gasteiger partial charge in [0.15, 0.2) is 10.1 Å². The third-order valence-corrected chi connectivity index (χ3v) is 6.18. The van der Waals surface area contributed by atoms with Gasteiger partial charge in [0.2, 0.25) is 11.0 Å². The maximum Gasteiger partial charge on any atom is 0.230 e. The third-order valence-electron chi connectivity index (χ3n) is 4.14. The van der Waals surface area contributed by atoms with Gasteiger partial charge < -0.3 is 10.1 Å². The van der Waals surface area contributed by atoms with Crippen molar-refractivity contribution in [1.29, 1.82) is 5.26 Å². The molecule has 152 valence electrons. The molecule has 0 saturated carbocycles. The number of nitriles is 1. The quantitative estimate of drug-likeness (QED) is 0.321. The summed E-state index contributed by atoms with van der Waals surface area (Å²) in [5.41, 5.74) is 2.84. The topological polar surface area (TPSA) is 105 Å². The van der Waals surface area contributed by atoms with Crippen LogP contribution in [-0.2, 0) is 17.0 Å². The number of hydrogen-bond donors (Lipinski definition) is 1. The number of anilines is 1. The fourth-order valence-electron chi connectivity index (χ4n) is 2.61. The number of ether oxygens (including phenoxy) is 1. The molecule has 0 fully saturated rings. The van der Waals surface area contributed by atoms with E-state index in [0.717, 1.165) is 9.90 Å². The summed E-state index contributed by atoms with van der Waals surface area (Å²) in [6.45, 7) is 1.48. The Morgan fingerprint density at radius 3 is 2.63 bits per heavy atom. The first-order valence-corrected chi connectivity index (χ1v) is 10.7. The van der Waals surface area contributed by atoms with Crippen molar-refractivity contribution in [3.8, 4) is 11.8 Å². The second kappa shape index (κ2) is 10.0. The lowest BCUT2D eigenvalue weighted by molar-refractivity contribution is -0.115. The molecule has 1 aromatic heterocycles. The van der Waals surface area contributed by atoms with Crippen molar-refractivity contribution in [2.24, 2.45) is 0 Å². The zero-order valence-corrected chi connectivity index (χ0v) is 18.0. The molecule has 0 aliphatic heterocycles. The minimum absolute atomic E-state index is 0.0532. The van der Waals surface area contributed by atoms with E-state index in [-0.39, 0.29) is 18.1 Å². The van der Waals surface area contributed by atoms with Gasteiger partial charge in [-0.1, -0.05) is 35.2 Å². The largest absolute Gasteiger partial charge is 0.496 e. The average Bonchev–Trinajstić information content (AvgIpc) is 3.19. The highest BCUT2D eigenvalue weighted by atomic mass is 32.2. The highest BCUT2D eigenvalue weighted by Crippen LogP contribution is 2.29. The highest BCUT2D eigenvalue weighted by Gasteiger charge is 2.14. The van der Waals surface area contributed by atoms with Crippen LogP contribution < -0.4 is 10.1 Å². The molecule has 0 bridgehead atoms. The molecule has 30 heavy (non-hydrogen) atoms. The van der Waals surface area contributed by atoms with Crippen LogP contribution in [-0.4, -0.2) is 29.0 Å². The van der Waals surface area contributed by atoms with Gasteiger partial charge in [-0.25, -0.2) is 0 Å². The summed E-state index contributed by atoms with van der Waals surface area (Å²) in [6, 6.07) is 14.5. The number of methoxy groups -OCH3 is 1. The van der Waals surface area contributed by atoms with Gasteiger partial charge in [-0.3, -0.25) is 9.59 Å². The lowest BCUT2D eigenvalue weighted by Crippen LogP contribution is -2.15. The fourth-order valence-corrected chi connectivity index (χ4v) is 4.34. The van der Waals surface area contributed by atoms with Crippen LogP contribution in [0.3, 0.4) is 0 Å². The van der Waals surface area contributed by atoms with Crippen molar-refractivity contribution in [2.75, 3.05) is 12.4 Å². The van der Waals surface area contributed by atoms with Gasteiger partial charge in [-0.2, -0.15) is 5.26 Å². The van der Waals surface area contributed by atoms with Crippen LogP contribution in [0.4, 0.5) is 5.13 Å². The van der Waals surface area contributed by atoms with E-state index in [4.69, 9.17) is 10.00 Å². The smallest absolute Gasteiger partial charge is 0.230 e. The molecule has 0 radical (unpaired) electrons. The summed E-state index contributed by atoms with van der Waals surface area (Å²) in [5.74, 6) is 0.885. The first-order chi connectivity index (χ1) is 14.5. The Balaban J connectivity index is 1.59. The molecule has 1 N–H and O–H groups in total. The normalized spacial score (nSPS) is 10.3. The number of nitrogens with zero attached hydrogens (tertiary/aromatic N) is 3. The van der Waals surface area contributed by atoms with Crippen LogP contribution in [0.2, 0.25) is 0 Å². The number of amides is 1. The van der Waals surface area contributed by atoms with Gasteiger partial charge in [-0.05, 0) is 42.8 Å². The van der Waals surface area contributed by atoms with Crippen molar-refractivity contribution < 1.29 is 14.3 Å². The van der Waals surface area contributed by atoms with Gasteiger partial charge in [-0.15, -0.1) is 10.2 Å². The second-order valence-electron chi connectivity index (χ2n) is 6.28. The zero-order valence-electron chi connectivity index (χ0n) is 16.3. The summed E-state index contributed by atoms with van der Waals surface area (Å²) in [4.78, 5) is 24.0. The maximum atomic E-state index is 12.4. The van der Waals surface area contributed by atoms with Crippen LogP contribution >= 0.6 is 23.1 Å². The molecule has 7 nitrogen and oxygen atoms in total. The molecule has 1 amide bonds. The zero-order chi connectivity index (χ0) is 21.5. The number of hydrogen-bond acceptors (Lipinski definition) is 8. The molecular formula is C21H18N4O3S2. The van der Waals surface area contributed by atoms with Gasteiger partial charge in [0.1, 0.15) is 5.75 Å². The summed E-state index contributed by atoms with van der Waals surface area (Å²) in [7, 11) is 1.52. The fraction of sp³-hybridized carbons (Fsp3) is 0.190. The Hall–Kier alpha value is -3.22. The monoisotopic (exact) mass is 438 g/mol. The van der Waals surface area contributed by atoms with Crippen molar-refractivity contribution in [1.82, 2.24) is 10.2 Å². The minimum atomic E-state index is -0.270. The summed E-state index contributed by atoms with van der Waals surface area (Å²) in [6.07, 6.45) is 0.0532. The molecule has 0 aliphatic rings. The van der Waals surface area contributed by atoms with Gasteiger partial charge >= 0.3 is 0 Å². The number of carbonyl (C=O) groups excluding carboxylic acids is 2. The first kappa shape index (κ1) is 21.5. The number of ketones is 1. The van der Waals surface area contributed by atoms with E-state index in [2.05, 4.69) is 21.6 Å². The number of aromatic nitrogens is 2. The molecule has 3 rings (SSSR count). The van der Waals surface area contributed by atoms with E-state index in [1.807, 2.05) is 12.1 Å². The van der Waals surface area contributed by atoms with E-state index < -0.39 is 0 Å². The standard InChI is InChI=1S/C21H18N4O3S2/c1-13(26)16-7-8-18(28-2)17(9-16)10-19(27)23-20-24-25-21(30-20)29-12-15-5-3-14(11-22)4-6-15/h3-9H,10,12H2,1-2H3,(H,23,24,27). The van der Waals surface area contributed by atoms with E-state index in [1.54, 1.807) is 30.3 Å². The lowest BCUT2D eigenvalue weighted by atomic mass is 10.0. The molecule has 9 heteroatoms. The van der Waals surface area contributed by atoms with Gasteiger partial charge in [0.25, 0.3) is 0 Å². The maximum absolute atomic E-state index is 12.4. The Bertz CT molecular complexity index is 1100. The van der Waals surface area contributed by atoms with Crippen LogP contribution in [0.5, 0.6) is 5.75 Å². The molecule has 3 aromatic rings. The molecule has 2 aromatic carbocycles. The number of Topliss-reactive ketones (excluding diaryl/α,β-unsaturated/α-hetero) is 1. The molecular weight excluding hydrogens is 420 g/mol. The van der Waals surface area contributed by atoms with E-state index in [1.165, 1.54) is 37.1 Å². The van der Waals surface area contributed by atoms with Crippen LogP contribution in [0.15, 0.2) is 46.8 Å². The first-order valence-electron chi connectivity index (χ1n) is 8.91. The minimum Gasteiger partial charge on any atom is -0.496 e. The highest BCUT2D eigenvalue weighted by molar-refractivity contribution is 8.00. The Kier molecular flexibility index (Phi) is 7.17. The predicted molar refractivity (Wildman–Crippen MR) is 116 cm³/mol. The van der Waals surface area contributed by atoms with Crippen LogP contribution in [0.1, 0.15) is 34.0 Å². The number of carbonyl (C=O) groups is 2. The molecule has 0 atom stereocenters. The van der Waals surface area contributed by atoms with Crippen LogP contribution in [0, 0.1) is 11.3 Å². The van der Waals surface area contributed by atoms with E-state index in [0.29, 0.717) is 33.3 Å². The third kappa shape index (κ3) is 5.65. The van der Waals surface area contributed by atoms with E-state index >= 15 is 0 Å². The number of thioether (sulfide) groups is 1.